The van der Waals surface area contributed by atoms with Crippen molar-refractivity contribution in [3.8, 4) is 10.6 Å². The molecule has 0 unspecified atom stereocenters. The molecule has 0 atom stereocenters. The molecular weight excluding hydrogens is 296 g/mol. The average Bonchev–Trinajstić information content (AvgIpc) is 2.93. The quantitative estimate of drug-likeness (QED) is 0.890. The topological polar surface area (TPSA) is 98.0 Å². The molecule has 0 aliphatic heterocycles. The van der Waals surface area contributed by atoms with E-state index in [9.17, 15) is 8.42 Å². The minimum absolute atomic E-state index is 0.0711. The van der Waals surface area contributed by atoms with Crippen molar-refractivity contribution in [2.45, 2.75) is 18.7 Å². The van der Waals surface area contributed by atoms with Crippen LogP contribution in [0.15, 0.2) is 35.5 Å². The summed E-state index contributed by atoms with van der Waals surface area (Å²) in [6.07, 6.45) is 1.37. The number of sulfonamides is 1. The van der Waals surface area contributed by atoms with Gasteiger partial charge in [0.15, 0.2) is 0 Å². The zero-order chi connectivity index (χ0) is 15.0. The molecule has 0 saturated carbocycles. The molecule has 2 aromatic rings. The number of nitrogens with two attached hydrogens (primary N) is 1. The Hall–Kier alpha value is -1.35. The summed E-state index contributed by atoms with van der Waals surface area (Å²) in [6, 6.07) is 6.45. The van der Waals surface area contributed by atoms with Gasteiger partial charge >= 0.3 is 0 Å². The number of hydrogen-bond acceptors (Lipinski definition) is 6. The maximum absolute atomic E-state index is 11.3. The molecule has 0 bridgehead atoms. The third-order valence-electron chi connectivity index (χ3n) is 2.29. The van der Waals surface area contributed by atoms with Gasteiger partial charge in [0.05, 0.1) is 4.90 Å². The maximum Gasteiger partial charge on any atom is 0.238 e. The number of hydrogen-bond donors (Lipinski definition) is 2. The first-order chi connectivity index (χ1) is 9.50. The van der Waals surface area contributed by atoms with Gasteiger partial charge in [0.1, 0.15) is 11.3 Å². The third kappa shape index (κ3) is 4.97. The van der Waals surface area contributed by atoms with E-state index >= 15 is 0 Å². The fraction of sp³-hybridized carbons (Fsp3) is 0.333. The van der Waals surface area contributed by atoms with Gasteiger partial charge in [0.2, 0.25) is 10.0 Å². The largest absolute Gasteiger partial charge is 0.317 e. The number of benzene rings is 1. The van der Waals surface area contributed by atoms with E-state index in [2.05, 4.69) is 28.5 Å². The van der Waals surface area contributed by atoms with Gasteiger partial charge in [-0.05, 0) is 30.7 Å². The minimum atomic E-state index is -3.72. The van der Waals surface area contributed by atoms with Crippen molar-refractivity contribution in [3.63, 3.8) is 0 Å². The second kappa shape index (κ2) is 8.05. The van der Waals surface area contributed by atoms with Crippen LogP contribution in [0.1, 0.15) is 13.8 Å². The second-order valence-corrected chi connectivity index (χ2v) is 6.05. The highest BCUT2D eigenvalue weighted by atomic mass is 32.2. The Labute approximate surface area is 123 Å². The van der Waals surface area contributed by atoms with Crippen molar-refractivity contribution in [2.75, 3.05) is 13.1 Å². The molecule has 0 aliphatic carbocycles. The second-order valence-electron chi connectivity index (χ2n) is 3.74. The minimum Gasteiger partial charge on any atom is -0.317 e. The van der Waals surface area contributed by atoms with E-state index in [1.54, 1.807) is 18.2 Å². The first-order valence-corrected chi connectivity index (χ1v) is 8.42. The van der Waals surface area contributed by atoms with Crippen LogP contribution in [-0.2, 0) is 10.0 Å². The van der Waals surface area contributed by atoms with Gasteiger partial charge < -0.3 is 5.32 Å². The van der Waals surface area contributed by atoms with Crippen LogP contribution in [0.4, 0.5) is 0 Å². The molecule has 0 saturated heterocycles. The summed E-state index contributed by atoms with van der Waals surface area (Å²) in [5.74, 6) is 0. The molecule has 8 heteroatoms. The van der Waals surface area contributed by atoms with Gasteiger partial charge in [-0.15, -0.1) is 0 Å². The first-order valence-electron chi connectivity index (χ1n) is 6.10. The number of rotatable bonds is 4. The highest BCUT2D eigenvalue weighted by Crippen LogP contribution is 2.26. The van der Waals surface area contributed by atoms with E-state index < -0.39 is 10.0 Å². The summed E-state index contributed by atoms with van der Waals surface area (Å²) < 4.78 is 26.4. The molecule has 110 valence electrons. The summed E-state index contributed by atoms with van der Waals surface area (Å²) in [5.41, 5.74) is 0.488. The first kappa shape index (κ1) is 16.7. The Morgan fingerprint density at radius 1 is 1.25 bits per heavy atom. The summed E-state index contributed by atoms with van der Waals surface area (Å²) in [5, 5.41) is 8.74. The zero-order valence-electron chi connectivity index (χ0n) is 11.4. The Bertz CT molecular complexity index is 610. The highest BCUT2D eigenvalue weighted by Gasteiger charge is 2.15. The molecule has 1 aromatic carbocycles. The third-order valence-corrected chi connectivity index (χ3v) is 3.95. The van der Waals surface area contributed by atoms with E-state index in [1.165, 1.54) is 12.4 Å². The normalized spacial score (nSPS) is 10.8. The average molecular weight is 314 g/mol. The van der Waals surface area contributed by atoms with Gasteiger partial charge in [-0.2, -0.15) is 4.37 Å². The van der Waals surface area contributed by atoms with Crippen LogP contribution in [0.5, 0.6) is 0 Å². The lowest BCUT2D eigenvalue weighted by molar-refractivity contribution is 0.598. The lowest BCUT2D eigenvalue weighted by Crippen LogP contribution is -2.13. The zero-order valence-corrected chi connectivity index (χ0v) is 13.0. The number of aromatic nitrogens is 2. The molecule has 0 radical (unpaired) electrons. The van der Waals surface area contributed by atoms with Gasteiger partial charge in [0, 0.05) is 5.56 Å². The van der Waals surface area contributed by atoms with Crippen molar-refractivity contribution in [3.05, 3.63) is 30.6 Å². The predicted molar refractivity (Wildman–Crippen MR) is 80.9 cm³/mol. The van der Waals surface area contributed by atoms with Crippen LogP contribution < -0.4 is 10.5 Å². The fourth-order valence-electron chi connectivity index (χ4n) is 1.43. The Kier molecular flexibility index (Phi) is 6.73. The Morgan fingerprint density at radius 3 is 2.35 bits per heavy atom. The van der Waals surface area contributed by atoms with Crippen LogP contribution >= 0.6 is 11.5 Å². The van der Waals surface area contributed by atoms with E-state index in [4.69, 9.17) is 5.14 Å². The molecule has 0 amide bonds. The smallest absolute Gasteiger partial charge is 0.238 e. The molecule has 0 spiro atoms. The molecule has 1 heterocycles. The van der Waals surface area contributed by atoms with E-state index in [1.807, 2.05) is 0 Å². The SMILES string of the molecule is CCNCC.NS(=O)(=O)c1ccccc1-c1ncns1. The van der Waals surface area contributed by atoms with E-state index in [-0.39, 0.29) is 4.90 Å². The molecule has 2 rings (SSSR count). The molecule has 6 nitrogen and oxygen atoms in total. The monoisotopic (exact) mass is 314 g/mol. The van der Waals surface area contributed by atoms with Crippen LogP contribution in [0, 0.1) is 0 Å². The highest BCUT2D eigenvalue weighted by molar-refractivity contribution is 7.89. The van der Waals surface area contributed by atoms with Crippen LogP contribution in [0.3, 0.4) is 0 Å². The van der Waals surface area contributed by atoms with Crippen molar-refractivity contribution in [1.29, 1.82) is 0 Å². The van der Waals surface area contributed by atoms with Gasteiger partial charge in [-0.1, -0.05) is 32.0 Å². The Morgan fingerprint density at radius 2 is 1.90 bits per heavy atom. The number of primary sulfonamides is 1. The predicted octanol–water partition coefficient (Wildman–Crippen LogP) is 1.47. The Balaban J connectivity index is 0.000000347. The van der Waals surface area contributed by atoms with Gasteiger partial charge in [0.25, 0.3) is 0 Å². The molecule has 20 heavy (non-hydrogen) atoms. The van der Waals surface area contributed by atoms with E-state index in [0.717, 1.165) is 24.6 Å². The summed E-state index contributed by atoms with van der Waals surface area (Å²) in [4.78, 5) is 4.02. The summed E-state index contributed by atoms with van der Waals surface area (Å²) in [7, 11) is -3.72. The van der Waals surface area contributed by atoms with Crippen molar-refractivity contribution in [1.82, 2.24) is 14.7 Å². The van der Waals surface area contributed by atoms with Gasteiger partial charge in [-0.3, -0.25) is 0 Å². The van der Waals surface area contributed by atoms with Crippen LogP contribution in [0.2, 0.25) is 0 Å². The standard InChI is InChI=1S/C8H7N3O2S2.C4H11N/c9-15(12,13)7-4-2-1-3-6(7)8-10-5-11-14-8;1-3-5-4-2/h1-5H,(H2,9,12,13);5H,3-4H2,1-2H3. The molecule has 1 aromatic heterocycles. The van der Waals surface area contributed by atoms with Crippen LogP contribution in [0.25, 0.3) is 10.6 Å². The maximum atomic E-state index is 11.3. The molecule has 0 aliphatic rings. The van der Waals surface area contributed by atoms with Gasteiger partial charge in [-0.25, -0.2) is 18.5 Å². The lowest BCUT2D eigenvalue weighted by Gasteiger charge is -2.03. The fourth-order valence-corrected chi connectivity index (χ4v) is 2.80. The number of nitrogens with one attached hydrogen (secondary N) is 1. The summed E-state index contributed by atoms with van der Waals surface area (Å²) >= 11 is 1.13. The van der Waals surface area contributed by atoms with Crippen molar-refractivity contribution in [2.24, 2.45) is 5.14 Å². The molecular formula is C12H18N4O2S2. The number of nitrogens with zero attached hydrogens (tertiary/aromatic N) is 2. The summed E-state index contributed by atoms with van der Waals surface area (Å²) in [6.45, 7) is 6.39. The van der Waals surface area contributed by atoms with Crippen molar-refractivity contribution < 1.29 is 8.42 Å². The van der Waals surface area contributed by atoms with Crippen molar-refractivity contribution >= 4 is 21.6 Å². The molecule has 0 fully saturated rings. The van der Waals surface area contributed by atoms with E-state index in [0.29, 0.717) is 10.6 Å². The lowest BCUT2D eigenvalue weighted by atomic mass is 10.2. The molecule has 3 N–H and O–H groups in total. The van der Waals surface area contributed by atoms with Crippen LogP contribution in [-0.4, -0.2) is 30.9 Å².